The molecule has 1 N–H and O–H groups in total. The van der Waals surface area contributed by atoms with E-state index in [4.69, 9.17) is 5.11 Å². The minimum atomic E-state index is -2.57. The van der Waals surface area contributed by atoms with Crippen LogP contribution in [0.2, 0.25) is 0 Å². The van der Waals surface area contributed by atoms with Crippen LogP contribution in [0.25, 0.3) is 0 Å². The Labute approximate surface area is 52.7 Å². The lowest BCUT2D eigenvalue weighted by Gasteiger charge is -1.88. The van der Waals surface area contributed by atoms with Gasteiger partial charge in [0.05, 0.1) is 12.5 Å². The summed E-state index contributed by atoms with van der Waals surface area (Å²) in [7, 11) is 0. The van der Waals surface area contributed by atoms with Crippen molar-refractivity contribution in [3.63, 3.8) is 0 Å². The lowest BCUT2D eigenvalue weighted by molar-refractivity contribution is 0.0717. The van der Waals surface area contributed by atoms with Crippen molar-refractivity contribution in [2.45, 2.75) is 19.3 Å². The van der Waals surface area contributed by atoms with Crippen LogP contribution >= 0.6 is 0 Å². The van der Waals surface area contributed by atoms with E-state index in [-0.39, 0.29) is 6.61 Å². The van der Waals surface area contributed by atoms with Crippen molar-refractivity contribution in [1.29, 1.82) is 0 Å². The summed E-state index contributed by atoms with van der Waals surface area (Å²) in [6.45, 7) is 1.35. The molecule has 1 fully saturated rings. The highest BCUT2D eigenvalue weighted by Crippen LogP contribution is 2.56. The fourth-order valence-corrected chi connectivity index (χ4v) is 1.27. The predicted octanol–water partition coefficient (Wildman–Crippen LogP) is 1.27. The lowest BCUT2D eigenvalue weighted by Crippen LogP contribution is -1.97. The molecule has 1 aliphatic carbocycles. The third-order valence-corrected chi connectivity index (χ3v) is 2.00. The lowest BCUT2D eigenvalue weighted by atomic mass is 10.3. The number of rotatable bonds is 2. The minimum Gasteiger partial charge on any atom is -0.396 e. The molecule has 0 amide bonds. The molecule has 2 unspecified atom stereocenters. The molecule has 0 radical (unpaired) electrons. The topological polar surface area (TPSA) is 20.2 Å². The van der Waals surface area contributed by atoms with E-state index < -0.39 is 17.8 Å². The molecule has 1 nitrogen and oxygen atoms in total. The first-order chi connectivity index (χ1) is 4.14. The van der Waals surface area contributed by atoms with Gasteiger partial charge in [0.15, 0.2) is 0 Å². The number of aliphatic hydroxyl groups is 1. The van der Waals surface area contributed by atoms with Gasteiger partial charge in [-0.05, 0) is 6.42 Å². The second kappa shape index (κ2) is 1.90. The standard InChI is InChI=1S/C6H10F2O/c1-2-4-5(3-9)6(4,7)8/h4-5,9H,2-3H2,1H3. The van der Waals surface area contributed by atoms with Crippen molar-refractivity contribution in [2.24, 2.45) is 11.8 Å². The van der Waals surface area contributed by atoms with Crippen molar-refractivity contribution in [1.82, 2.24) is 0 Å². The maximum absolute atomic E-state index is 12.3. The molecule has 2 atom stereocenters. The van der Waals surface area contributed by atoms with Crippen LogP contribution in [0, 0.1) is 11.8 Å². The van der Waals surface area contributed by atoms with Gasteiger partial charge >= 0.3 is 0 Å². The average Bonchev–Trinajstić information content (AvgIpc) is 2.32. The molecule has 1 aliphatic rings. The fraction of sp³-hybridized carbons (Fsp3) is 1.00. The summed E-state index contributed by atoms with van der Waals surface area (Å²) in [5.74, 6) is -3.87. The number of hydrogen-bond acceptors (Lipinski definition) is 1. The molecule has 0 bridgehead atoms. The summed E-state index contributed by atoms with van der Waals surface area (Å²) < 4.78 is 24.6. The van der Waals surface area contributed by atoms with Crippen molar-refractivity contribution < 1.29 is 13.9 Å². The second-order valence-corrected chi connectivity index (χ2v) is 2.48. The molecule has 1 rings (SSSR count). The Morgan fingerprint density at radius 2 is 2.00 bits per heavy atom. The van der Waals surface area contributed by atoms with E-state index in [2.05, 4.69) is 0 Å². The van der Waals surface area contributed by atoms with Crippen LogP contribution in [0.1, 0.15) is 13.3 Å². The highest BCUT2D eigenvalue weighted by Gasteiger charge is 2.66. The maximum Gasteiger partial charge on any atom is 0.256 e. The van der Waals surface area contributed by atoms with Gasteiger partial charge in [-0.1, -0.05) is 6.92 Å². The van der Waals surface area contributed by atoms with Gasteiger partial charge in [0, 0.05) is 5.92 Å². The SMILES string of the molecule is CCC1C(CO)C1(F)F. The minimum absolute atomic E-state index is 0.370. The zero-order valence-corrected chi connectivity index (χ0v) is 5.27. The molecular formula is C6H10F2O. The summed E-state index contributed by atoms with van der Waals surface area (Å²) in [5, 5.41) is 8.36. The third kappa shape index (κ3) is 0.834. The molecule has 0 spiro atoms. The molecule has 0 aromatic rings. The first-order valence-electron chi connectivity index (χ1n) is 3.13. The molecular weight excluding hydrogens is 126 g/mol. The molecule has 54 valence electrons. The Morgan fingerprint density at radius 1 is 1.44 bits per heavy atom. The normalized spacial score (nSPS) is 38.7. The van der Waals surface area contributed by atoms with Crippen molar-refractivity contribution in [3.8, 4) is 0 Å². The van der Waals surface area contributed by atoms with E-state index in [1.807, 2.05) is 0 Å². The maximum atomic E-state index is 12.3. The Balaban J connectivity index is 2.45. The molecule has 0 saturated heterocycles. The van der Waals surface area contributed by atoms with Crippen LogP contribution in [0.4, 0.5) is 8.78 Å². The van der Waals surface area contributed by atoms with Crippen LogP contribution in [-0.4, -0.2) is 17.6 Å². The van der Waals surface area contributed by atoms with Crippen molar-refractivity contribution in [3.05, 3.63) is 0 Å². The summed E-state index contributed by atoms with van der Waals surface area (Å²) >= 11 is 0. The molecule has 0 aliphatic heterocycles. The number of alkyl halides is 2. The van der Waals surface area contributed by atoms with Crippen LogP contribution in [-0.2, 0) is 0 Å². The van der Waals surface area contributed by atoms with Gasteiger partial charge in [-0.25, -0.2) is 8.78 Å². The van der Waals surface area contributed by atoms with Crippen LogP contribution in [0.3, 0.4) is 0 Å². The summed E-state index contributed by atoms with van der Waals surface area (Å²) in [6, 6.07) is 0. The smallest absolute Gasteiger partial charge is 0.256 e. The quantitative estimate of drug-likeness (QED) is 0.606. The third-order valence-electron chi connectivity index (χ3n) is 2.00. The monoisotopic (exact) mass is 136 g/mol. The summed E-state index contributed by atoms with van der Waals surface area (Å²) in [6.07, 6.45) is 0.470. The van der Waals surface area contributed by atoms with Gasteiger partial charge in [0.25, 0.3) is 5.92 Å². The van der Waals surface area contributed by atoms with Crippen molar-refractivity contribution >= 4 is 0 Å². The van der Waals surface area contributed by atoms with Gasteiger partial charge in [-0.15, -0.1) is 0 Å². The molecule has 0 aromatic heterocycles. The molecule has 3 heteroatoms. The Bertz CT molecular complexity index is 102. The largest absolute Gasteiger partial charge is 0.396 e. The van der Waals surface area contributed by atoms with Crippen LogP contribution < -0.4 is 0 Å². The first-order valence-corrected chi connectivity index (χ1v) is 3.13. The molecule has 0 aromatic carbocycles. The van der Waals surface area contributed by atoms with Crippen LogP contribution in [0.15, 0.2) is 0 Å². The zero-order chi connectivity index (χ0) is 7.07. The van der Waals surface area contributed by atoms with Gasteiger partial charge < -0.3 is 5.11 Å². The highest BCUT2D eigenvalue weighted by molar-refractivity contribution is 5.03. The Hall–Kier alpha value is -0.180. The van der Waals surface area contributed by atoms with Gasteiger partial charge in [0.1, 0.15) is 0 Å². The summed E-state index contributed by atoms with van der Waals surface area (Å²) in [5.41, 5.74) is 0. The van der Waals surface area contributed by atoms with E-state index in [1.165, 1.54) is 0 Å². The average molecular weight is 136 g/mol. The van der Waals surface area contributed by atoms with E-state index in [0.717, 1.165) is 0 Å². The molecule has 0 heterocycles. The second-order valence-electron chi connectivity index (χ2n) is 2.48. The van der Waals surface area contributed by atoms with E-state index in [9.17, 15) is 8.78 Å². The van der Waals surface area contributed by atoms with E-state index in [0.29, 0.717) is 6.42 Å². The zero-order valence-electron chi connectivity index (χ0n) is 5.27. The number of aliphatic hydroxyl groups excluding tert-OH is 1. The Morgan fingerprint density at radius 3 is 2.11 bits per heavy atom. The van der Waals surface area contributed by atoms with E-state index >= 15 is 0 Å². The Kier molecular flexibility index (Phi) is 1.47. The highest BCUT2D eigenvalue weighted by atomic mass is 19.3. The molecule has 9 heavy (non-hydrogen) atoms. The number of hydrogen-bond donors (Lipinski definition) is 1. The van der Waals surface area contributed by atoms with E-state index in [1.54, 1.807) is 6.92 Å². The van der Waals surface area contributed by atoms with Crippen molar-refractivity contribution in [2.75, 3.05) is 6.61 Å². The number of halogens is 2. The predicted molar refractivity (Wildman–Crippen MR) is 29.3 cm³/mol. The van der Waals surface area contributed by atoms with Gasteiger partial charge in [0.2, 0.25) is 0 Å². The summed E-state index contributed by atoms with van der Waals surface area (Å²) in [4.78, 5) is 0. The fourth-order valence-electron chi connectivity index (χ4n) is 1.27. The van der Waals surface area contributed by atoms with Crippen LogP contribution in [0.5, 0.6) is 0 Å². The van der Waals surface area contributed by atoms with Gasteiger partial charge in [-0.2, -0.15) is 0 Å². The van der Waals surface area contributed by atoms with Gasteiger partial charge in [-0.3, -0.25) is 0 Å². The first kappa shape index (κ1) is 6.93. The molecule has 1 saturated carbocycles.